The largest absolute Gasteiger partial charge is 0.386 e. The van der Waals surface area contributed by atoms with Crippen LogP contribution < -0.4 is 21.9 Å². The summed E-state index contributed by atoms with van der Waals surface area (Å²) in [4.78, 5) is 31.5. The summed E-state index contributed by atoms with van der Waals surface area (Å²) >= 11 is 7.08. The lowest BCUT2D eigenvalue weighted by Gasteiger charge is -2.29. The molecular formula is C49H70ClN7O3. The normalized spacial score (nSPS) is 15.8. The van der Waals surface area contributed by atoms with Gasteiger partial charge in [-0.05, 0) is 130 Å². The minimum absolute atomic E-state index is 0.162. The van der Waals surface area contributed by atoms with Gasteiger partial charge in [0.25, 0.3) is 5.56 Å². The van der Waals surface area contributed by atoms with Crippen molar-refractivity contribution in [3.8, 4) is 11.3 Å². The number of halogens is 1. The lowest BCUT2D eigenvalue weighted by molar-refractivity contribution is -0.330. The number of fused-ring (bicyclic) bond motifs is 1. The van der Waals surface area contributed by atoms with Crippen molar-refractivity contribution in [3.05, 3.63) is 135 Å². The van der Waals surface area contributed by atoms with E-state index in [0.717, 1.165) is 58.6 Å². The van der Waals surface area contributed by atoms with Crippen LogP contribution in [0.4, 0.5) is 0 Å². The molecule has 2 fully saturated rings. The molecule has 0 bridgehead atoms. The Bertz CT molecular complexity index is 2150. The summed E-state index contributed by atoms with van der Waals surface area (Å²) in [7, 11) is 5.75. The molecule has 11 heteroatoms. The van der Waals surface area contributed by atoms with Crippen molar-refractivity contribution >= 4 is 34.3 Å². The second-order valence-electron chi connectivity index (χ2n) is 16.5. The quantitative estimate of drug-likeness (QED) is 0.0539. The van der Waals surface area contributed by atoms with Crippen LogP contribution in [0, 0.1) is 0 Å². The van der Waals surface area contributed by atoms with Gasteiger partial charge in [0.15, 0.2) is 0 Å². The van der Waals surface area contributed by atoms with Crippen LogP contribution in [0.3, 0.4) is 0 Å². The molecule has 0 aliphatic carbocycles. The van der Waals surface area contributed by atoms with Gasteiger partial charge < -0.3 is 30.8 Å². The SMILES string of the molecule is C=C1CCC(C)N1.C=CC.CC(C)=C(/C=C\C=C\c1ccc(CN)c(=O)[nH]1)c1cccc(-c2ccc3c(CNC4CCN(C)CC4)cn(C)c3n2)c1Cl.COOC(C)(C)C. The number of nitrogens with zero attached hydrogens (tertiary/aromatic N) is 3. The van der Waals surface area contributed by atoms with Gasteiger partial charge >= 0.3 is 0 Å². The van der Waals surface area contributed by atoms with E-state index in [9.17, 15) is 4.79 Å². The number of hydrogen-bond acceptors (Lipinski definition) is 8. The topological polar surface area (TPSA) is 122 Å². The van der Waals surface area contributed by atoms with Gasteiger partial charge in [0.1, 0.15) is 5.65 Å². The highest BCUT2D eigenvalue weighted by molar-refractivity contribution is 6.35. The van der Waals surface area contributed by atoms with Crippen LogP contribution in [0.15, 0.2) is 102 Å². The summed E-state index contributed by atoms with van der Waals surface area (Å²) in [5.41, 5.74) is 14.8. The molecule has 3 aromatic heterocycles. The molecule has 326 valence electrons. The molecular weight excluding hydrogens is 770 g/mol. The molecule has 2 aliphatic heterocycles. The third kappa shape index (κ3) is 15.8. The Balaban J connectivity index is 0.000000472. The fourth-order valence-corrected chi connectivity index (χ4v) is 7.10. The van der Waals surface area contributed by atoms with Crippen LogP contribution in [0.2, 0.25) is 5.02 Å². The number of nitrogens with one attached hydrogen (secondary N) is 3. The van der Waals surface area contributed by atoms with Gasteiger partial charge in [-0.15, -0.1) is 6.58 Å². The molecule has 4 aromatic rings. The molecule has 0 saturated carbocycles. The van der Waals surface area contributed by atoms with Crippen molar-refractivity contribution in [2.24, 2.45) is 12.8 Å². The molecule has 2 aliphatic rings. The molecule has 1 unspecified atom stereocenters. The molecule has 0 amide bonds. The zero-order valence-corrected chi connectivity index (χ0v) is 38.5. The minimum Gasteiger partial charge on any atom is -0.386 e. The number of piperidine rings is 1. The van der Waals surface area contributed by atoms with Gasteiger partial charge in [-0.1, -0.05) is 72.3 Å². The van der Waals surface area contributed by atoms with Crippen LogP contribution in [0.1, 0.15) is 96.5 Å². The van der Waals surface area contributed by atoms with Gasteiger partial charge in [-0.25, -0.2) is 14.8 Å². The Labute approximate surface area is 364 Å². The average molecular weight is 841 g/mol. The summed E-state index contributed by atoms with van der Waals surface area (Å²) in [5, 5.41) is 8.81. The van der Waals surface area contributed by atoms with Crippen molar-refractivity contribution in [2.75, 3.05) is 27.2 Å². The van der Waals surface area contributed by atoms with Crippen molar-refractivity contribution in [3.63, 3.8) is 0 Å². The monoisotopic (exact) mass is 840 g/mol. The first-order chi connectivity index (χ1) is 28.5. The van der Waals surface area contributed by atoms with Crippen LogP contribution in [0.5, 0.6) is 0 Å². The molecule has 5 N–H and O–H groups in total. The molecule has 0 spiro atoms. The van der Waals surface area contributed by atoms with E-state index < -0.39 is 0 Å². The maximum absolute atomic E-state index is 12.0. The summed E-state index contributed by atoms with van der Waals surface area (Å²) in [6.07, 6.45) is 16.5. The Hall–Kier alpha value is -4.55. The fraction of sp³-hybridized carbons (Fsp3) is 0.429. The van der Waals surface area contributed by atoms with Crippen LogP contribution >= 0.6 is 11.6 Å². The number of nitrogens with two attached hydrogens (primary N) is 1. The maximum atomic E-state index is 12.0. The summed E-state index contributed by atoms with van der Waals surface area (Å²) in [6, 6.07) is 15.2. The lowest BCUT2D eigenvalue weighted by atomic mass is 9.97. The third-order valence-corrected chi connectivity index (χ3v) is 10.3. The number of likely N-dealkylation sites (tertiary alicyclic amines) is 1. The first-order valence-corrected chi connectivity index (χ1v) is 21.2. The molecule has 1 aromatic carbocycles. The second-order valence-corrected chi connectivity index (χ2v) is 16.9. The van der Waals surface area contributed by atoms with Gasteiger partial charge in [-0.3, -0.25) is 4.79 Å². The second kappa shape index (κ2) is 24.6. The zero-order chi connectivity index (χ0) is 44.4. The van der Waals surface area contributed by atoms with E-state index in [2.05, 4.69) is 96.3 Å². The van der Waals surface area contributed by atoms with Gasteiger partial charge in [0.2, 0.25) is 0 Å². The number of aromatic amines is 1. The minimum atomic E-state index is -0.172. The molecule has 60 heavy (non-hydrogen) atoms. The van der Waals surface area contributed by atoms with Crippen molar-refractivity contribution in [1.29, 1.82) is 0 Å². The van der Waals surface area contributed by atoms with Crippen LogP contribution in [-0.4, -0.2) is 64.4 Å². The number of hydrogen-bond donors (Lipinski definition) is 4. The highest BCUT2D eigenvalue weighted by Gasteiger charge is 2.18. The predicted molar refractivity (Wildman–Crippen MR) is 255 cm³/mol. The number of allylic oxidation sites excluding steroid dienone is 7. The smallest absolute Gasteiger partial charge is 0.252 e. The average Bonchev–Trinajstić information content (AvgIpc) is 3.74. The number of aromatic nitrogens is 3. The third-order valence-electron chi connectivity index (χ3n) is 9.85. The number of benzene rings is 1. The van der Waals surface area contributed by atoms with E-state index in [1.165, 1.54) is 44.1 Å². The predicted octanol–water partition coefficient (Wildman–Crippen LogP) is 10.1. The first-order valence-electron chi connectivity index (χ1n) is 20.9. The number of rotatable bonds is 10. The maximum Gasteiger partial charge on any atom is 0.252 e. The number of aryl methyl sites for hydroxylation is 1. The fourth-order valence-electron chi connectivity index (χ4n) is 6.78. The molecule has 0 radical (unpaired) electrons. The van der Waals surface area contributed by atoms with Gasteiger partial charge in [-0.2, -0.15) is 0 Å². The van der Waals surface area contributed by atoms with Crippen molar-refractivity contribution in [2.45, 2.75) is 105 Å². The first kappa shape index (κ1) is 49.8. The van der Waals surface area contributed by atoms with Gasteiger partial charge in [0, 0.05) is 71.9 Å². The van der Waals surface area contributed by atoms with Gasteiger partial charge in [0.05, 0.1) is 23.4 Å². The molecule has 5 heterocycles. The standard InChI is InChI=1S/C35H41ClN6O.C6H11N.C5H12O2.C3H6/c1-23(2)28(9-6-5-8-27-13-12-24(20-37)35(43)39-27)30-10-7-11-31(33(30)36)32-15-14-29-25(22-42(4)34(29)40-32)21-38-26-16-18-41(3)19-17-26;1-5-3-4-6(2)7-5;1-5(2,3)7-6-4;1-3-2/h5-15,22,26,38H,16-21,37H2,1-4H3,(H,39,43);6-7H,1,3-4H2,2H3;1-4H3;3H,1H2,2H3/b8-5+,9-6-;;;. The Morgan fingerprint density at radius 1 is 1.07 bits per heavy atom. The van der Waals surface area contributed by atoms with Crippen molar-refractivity contribution < 1.29 is 9.78 Å². The Morgan fingerprint density at radius 3 is 2.30 bits per heavy atom. The molecule has 6 rings (SSSR count). The molecule has 2 saturated heterocycles. The van der Waals surface area contributed by atoms with Crippen LogP contribution in [0.25, 0.3) is 33.9 Å². The molecule has 10 nitrogen and oxygen atoms in total. The summed E-state index contributed by atoms with van der Waals surface area (Å²) in [5.74, 6) is 0. The van der Waals surface area contributed by atoms with E-state index >= 15 is 0 Å². The van der Waals surface area contributed by atoms with E-state index in [0.29, 0.717) is 28.4 Å². The van der Waals surface area contributed by atoms with Crippen LogP contribution in [-0.2, 0) is 29.9 Å². The van der Waals surface area contributed by atoms with E-state index in [1.807, 2.05) is 76.3 Å². The van der Waals surface area contributed by atoms with E-state index in [-0.39, 0.29) is 17.7 Å². The number of pyridine rings is 2. The zero-order valence-electron chi connectivity index (χ0n) is 37.8. The summed E-state index contributed by atoms with van der Waals surface area (Å²) < 4.78 is 2.11. The number of H-pyrrole nitrogens is 1. The van der Waals surface area contributed by atoms with Crippen molar-refractivity contribution in [1.82, 2.24) is 30.1 Å². The lowest BCUT2D eigenvalue weighted by Crippen LogP contribution is -2.40. The van der Waals surface area contributed by atoms with E-state index in [4.69, 9.17) is 27.2 Å². The molecule has 1 atom stereocenters. The summed E-state index contributed by atoms with van der Waals surface area (Å²) in [6.45, 7) is 24.5. The Kier molecular flexibility index (Phi) is 20.5. The highest BCUT2D eigenvalue weighted by atomic mass is 35.5. The highest BCUT2D eigenvalue weighted by Crippen LogP contribution is 2.36. The van der Waals surface area contributed by atoms with E-state index in [1.54, 1.807) is 12.1 Å². The Morgan fingerprint density at radius 2 is 1.77 bits per heavy atom.